The Kier molecular flexibility index (Phi) is 4.09. The first-order valence-corrected chi connectivity index (χ1v) is 7.45. The van der Waals surface area contributed by atoms with Crippen molar-refractivity contribution in [2.75, 3.05) is 20.1 Å². The minimum atomic E-state index is -0.256. The van der Waals surface area contributed by atoms with E-state index in [4.69, 9.17) is 0 Å². The van der Waals surface area contributed by atoms with E-state index in [0.29, 0.717) is 6.54 Å². The Balaban J connectivity index is 1.75. The molecule has 1 aromatic heterocycles. The number of piperidine rings is 1. The monoisotopic (exact) mass is 302 g/mol. The van der Waals surface area contributed by atoms with Crippen molar-refractivity contribution >= 4 is 6.03 Å². The molecule has 0 radical (unpaired) electrons. The number of amides is 2. The molecule has 3 rings (SSSR count). The molecule has 116 valence electrons. The number of benzene rings is 1. The number of carbonyl (C=O) groups excluding carboxylic acids is 1. The van der Waals surface area contributed by atoms with Crippen molar-refractivity contribution in [2.24, 2.45) is 0 Å². The van der Waals surface area contributed by atoms with E-state index in [1.807, 2.05) is 11.0 Å². The Hall–Kier alpha value is -2.37. The number of likely N-dealkylation sites (tertiary alicyclic amines) is 1. The quantitative estimate of drug-likeness (QED) is 0.896. The van der Waals surface area contributed by atoms with Crippen molar-refractivity contribution in [3.63, 3.8) is 0 Å². The molecule has 0 aliphatic carbocycles. The molecule has 0 unspecified atom stereocenters. The van der Waals surface area contributed by atoms with E-state index in [1.165, 1.54) is 12.1 Å². The molecule has 6 heteroatoms. The van der Waals surface area contributed by atoms with Gasteiger partial charge in [-0.2, -0.15) is 5.10 Å². The molecule has 1 atom stereocenters. The molecule has 22 heavy (non-hydrogen) atoms. The summed E-state index contributed by atoms with van der Waals surface area (Å²) in [6, 6.07) is 8.24. The summed E-state index contributed by atoms with van der Waals surface area (Å²) in [4.78, 5) is 13.6. The highest BCUT2D eigenvalue weighted by atomic mass is 19.1. The minimum Gasteiger partial charge on any atom is -0.341 e. The van der Waals surface area contributed by atoms with Gasteiger partial charge in [0.25, 0.3) is 0 Å². The summed E-state index contributed by atoms with van der Waals surface area (Å²) >= 11 is 0. The van der Waals surface area contributed by atoms with Gasteiger partial charge in [-0.25, -0.2) is 9.18 Å². The fourth-order valence-electron chi connectivity index (χ4n) is 2.89. The van der Waals surface area contributed by atoms with Crippen LogP contribution in [0.25, 0.3) is 11.3 Å². The summed E-state index contributed by atoms with van der Waals surface area (Å²) in [7, 11) is 1.65. The highest BCUT2D eigenvalue weighted by Crippen LogP contribution is 2.28. The average Bonchev–Trinajstić information content (AvgIpc) is 3.05. The zero-order valence-corrected chi connectivity index (χ0v) is 12.5. The summed E-state index contributed by atoms with van der Waals surface area (Å²) in [5.41, 5.74) is 2.70. The van der Waals surface area contributed by atoms with E-state index in [-0.39, 0.29) is 17.8 Å². The first-order chi connectivity index (χ1) is 10.7. The van der Waals surface area contributed by atoms with Gasteiger partial charge in [0.05, 0.1) is 5.69 Å². The number of aromatic nitrogens is 2. The number of H-pyrrole nitrogens is 1. The van der Waals surface area contributed by atoms with Crippen LogP contribution in [-0.2, 0) is 0 Å². The Morgan fingerprint density at radius 1 is 1.41 bits per heavy atom. The van der Waals surface area contributed by atoms with E-state index in [2.05, 4.69) is 15.5 Å². The molecule has 0 bridgehead atoms. The fourth-order valence-corrected chi connectivity index (χ4v) is 2.89. The number of urea groups is 1. The van der Waals surface area contributed by atoms with Crippen molar-refractivity contribution in [3.8, 4) is 11.3 Å². The maximum atomic E-state index is 13.0. The van der Waals surface area contributed by atoms with Crippen LogP contribution in [0.4, 0.5) is 9.18 Å². The van der Waals surface area contributed by atoms with E-state index in [0.717, 1.165) is 36.3 Å². The Morgan fingerprint density at radius 2 is 2.18 bits per heavy atom. The fraction of sp³-hybridized carbons (Fsp3) is 0.375. The standard InChI is InChI=1S/C16H19FN4O/c1-18-16(22)21-8-2-3-12(10-21)15-9-14(19-20-15)11-4-6-13(17)7-5-11/h4-7,9,12H,2-3,8,10H2,1H3,(H,18,22)(H,19,20)/t12-/m1/s1. The van der Waals surface area contributed by atoms with Gasteiger partial charge in [-0.3, -0.25) is 5.10 Å². The smallest absolute Gasteiger partial charge is 0.317 e. The number of carbonyl (C=O) groups is 1. The zero-order valence-electron chi connectivity index (χ0n) is 12.5. The normalized spacial score (nSPS) is 18.3. The first kappa shape index (κ1) is 14.6. The van der Waals surface area contributed by atoms with Crippen LogP contribution >= 0.6 is 0 Å². The minimum absolute atomic E-state index is 0.0389. The van der Waals surface area contributed by atoms with Crippen molar-refractivity contribution < 1.29 is 9.18 Å². The number of hydrogen-bond donors (Lipinski definition) is 2. The molecule has 1 fully saturated rings. The molecule has 1 aliphatic rings. The zero-order chi connectivity index (χ0) is 15.5. The SMILES string of the molecule is CNC(=O)N1CCC[C@@H](c2cc(-c3ccc(F)cc3)n[nH]2)C1. The molecule has 2 heterocycles. The van der Waals surface area contributed by atoms with Crippen molar-refractivity contribution in [3.05, 3.63) is 41.8 Å². The van der Waals surface area contributed by atoms with E-state index in [9.17, 15) is 9.18 Å². The first-order valence-electron chi connectivity index (χ1n) is 7.45. The predicted octanol–water partition coefficient (Wildman–Crippen LogP) is 2.73. The third-order valence-corrected chi connectivity index (χ3v) is 4.10. The molecule has 0 spiro atoms. The molecular formula is C16H19FN4O. The highest BCUT2D eigenvalue weighted by molar-refractivity contribution is 5.74. The lowest BCUT2D eigenvalue weighted by molar-refractivity contribution is 0.181. The van der Waals surface area contributed by atoms with Crippen LogP contribution in [0.5, 0.6) is 0 Å². The molecule has 1 aliphatic heterocycles. The van der Waals surface area contributed by atoms with Gasteiger partial charge in [0.15, 0.2) is 0 Å². The van der Waals surface area contributed by atoms with E-state index < -0.39 is 0 Å². The van der Waals surface area contributed by atoms with Crippen molar-refractivity contribution in [1.29, 1.82) is 0 Å². The third kappa shape index (κ3) is 2.95. The van der Waals surface area contributed by atoms with Crippen LogP contribution < -0.4 is 5.32 Å². The van der Waals surface area contributed by atoms with Crippen LogP contribution in [0.15, 0.2) is 30.3 Å². The molecule has 2 amide bonds. The second kappa shape index (κ2) is 6.17. The lowest BCUT2D eigenvalue weighted by Crippen LogP contribution is -2.43. The molecule has 5 nitrogen and oxygen atoms in total. The Morgan fingerprint density at radius 3 is 2.91 bits per heavy atom. The van der Waals surface area contributed by atoms with Gasteiger partial charge in [0, 0.05) is 37.3 Å². The van der Waals surface area contributed by atoms with Crippen molar-refractivity contribution in [1.82, 2.24) is 20.4 Å². The highest BCUT2D eigenvalue weighted by Gasteiger charge is 2.25. The van der Waals surface area contributed by atoms with Gasteiger partial charge < -0.3 is 10.2 Å². The van der Waals surface area contributed by atoms with Gasteiger partial charge in [-0.15, -0.1) is 0 Å². The number of hydrogen-bond acceptors (Lipinski definition) is 2. The number of rotatable bonds is 2. The maximum Gasteiger partial charge on any atom is 0.317 e. The van der Waals surface area contributed by atoms with Crippen LogP contribution in [0.2, 0.25) is 0 Å². The molecule has 0 saturated carbocycles. The van der Waals surface area contributed by atoms with Crippen LogP contribution in [0.3, 0.4) is 0 Å². The third-order valence-electron chi connectivity index (χ3n) is 4.10. The van der Waals surface area contributed by atoms with Gasteiger partial charge >= 0.3 is 6.03 Å². The number of aromatic amines is 1. The summed E-state index contributed by atoms with van der Waals surface area (Å²) < 4.78 is 13.0. The summed E-state index contributed by atoms with van der Waals surface area (Å²) in [6.07, 6.45) is 2.00. The van der Waals surface area contributed by atoms with Gasteiger partial charge in [-0.1, -0.05) is 0 Å². The van der Waals surface area contributed by atoms with Crippen LogP contribution in [0, 0.1) is 5.82 Å². The predicted molar refractivity (Wildman–Crippen MR) is 82.0 cm³/mol. The largest absolute Gasteiger partial charge is 0.341 e. The van der Waals surface area contributed by atoms with E-state index >= 15 is 0 Å². The summed E-state index contributed by atoms with van der Waals surface area (Å²) in [6.45, 7) is 1.47. The number of halogens is 1. The lowest BCUT2D eigenvalue weighted by Gasteiger charge is -2.31. The second-order valence-corrected chi connectivity index (χ2v) is 5.56. The van der Waals surface area contributed by atoms with Crippen LogP contribution in [-0.4, -0.2) is 41.3 Å². The molecule has 2 aromatic rings. The van der Waals surface area contributed by atoms with Gasteiger partial charge in [0.2, 0.25) is 0 Å². The molecule has 1 aromatic carbocycles. The number of nitrogens with zero attached hydrogens (tertiary/aromatic N) is 2. The van der Waals surface area contributed by atoms with Crippen LogP contribution in [0.1, 0.15) is 24.5 Å². The van der Waals surface area contributed by atoms with E-state index in [1.54, 1.807) is 19.2 Å². The van der Waals surface area contributed by atoms with Gasteiger partial charge in [0.1, 0.15) is 5.82 Å². The number of nitrogens with one attached hydrogen (secondary N) is 2. The topological polar surface area (TPSA) is 61.0 Å². The van der Waals surface area contributed by atoms with Crippen molar-refractivity contribution in [2.45, 2.75) is 18.8 Å². The van der Waals surface area contributed by atoms with Gasteiger partial charge in [-0.05, 0) is 43.2 Å². The average molecular weight is 302 g/mol. The lowest BCUT2D eigenvalue weighted by atomic mass is 9.94. The second-order valence-electron chi connectivity index (χ2n) is 5.56. The maximum absolute atomic E-state index is 13.0. The molecule has 1 saturated heterocycles. The molecular weight excluding hydrogens is 283 g/mol. The summed E-state index contributed by atoms with van der Waals surface area (Å²) in [5.74, 6) is 0.000702. The Bertz CT molecular complexity index is 652. The Labute approximate surface area is 128 Å². The molecule has 2 N–H and O–H groups in total. The summed E-state index contributed by atoms with van der Waals surface area (Å²) in [5, 5.41) is 10.0.